The van der Waals surface area contributed by atoms with Crippen LogP contribution in [0.25, 0.3) is 0 Å². The average molecular weight is 458 g/mol. The number of carbonyl (C=O) groups excluding carboxylic acids is 2. The Morgan fingerprint density at radius 2 is 1.57 bits per heavy atom. The molecule has 0 atom stereocenters. The predicted octanol–water partition coefficient (Wildman–Crippen LogP) is 3.15. The van der Waals surface area contributed by atoms with E-state index in [-0.39, 0.29) is 60.7 Å². The Balaban J connectivity index is 0.00000225. The number of ketones is 1. The highest BCUT2D eigenvalue weighted by molar-refractivity contribution is 5.94. The SMILES string of the molecule is Cl.Cl.O=C(Cc1ccc([N+](=O)[O-])cc1)CN1CCN(C(=O)c2ccccc2F)CC1. The zero-order valence-electron chi connectivity index (χ0n) is 16.0. The molecule has 30 heavy (non-hydrogen) atoms. The molecule has 0 aliphatic carbocycles. The minimum absolute atomic E-state index is 0. The zero-order chi connectivity index (χ0) is 20.1. The summed E-state index contributed by atoms with van der Waals surface area (Å²) in [5.41, 5.74) is 0.779. The molecule has 7 nitrogen and oxygen atoms in total. The highest BCUT2D eigenvalue weighted by Gasteiger charge is 2.24. The predicted molar refractivity (Wildman–Crippen MR) is 115 cm³/mol. The smallest absolute Gasteiger partial charge is 0.269 e. The standard InChI is InChI=1S/C20H20FN3O4.2ClH/c21-19-4-2-1-3-18(19)20(26)23-11-9-22(10-12-23)14-17(25)13-15-5-7-16(8-6-15)24(27)28;;/h1-8H,9-14H2;2*1H. The summed E-state index contributed by atoms with van der Waals surface area (Å²) in [4.78, 5) is 38.4. The van der Waals surface area contributed by atoms with E-state index in [4.69, 9.17) is 0 Å². The third-order valence-electron chi connectivity index (χ3n) is 4.71. The monoisotopic (exact) mass is 457 g/mol. The Kier molecular flexibility index (Phi) is 9.84. The van der Waals surface area contributed by atoms with Gasteiger partial charge in [0.25, 0.3) is 11.6 Å². The van der Waals surface area contributed by atoms with Crippen LogP contribution >= 0.6 is 24.8 Å². The molecule has 162 valence electrons. The first-order chi connectivity index (χ1) is 13.4. The highest BCUT2D eigenvalue weighted by atomic mass is 35.5. The summed E-state index contributed by atoms with van der Waals surface area (Å²) < 4.78 is 13.8. The van der Waals surface area contributed by atoms with Crippen molar-refractivity contribution in [1.82, 2.24) is 9.80 Å². The summed E-state index contributed by atoms with van der Waals surface area (Å²) in [5, 5.41) is 10.7. The van der Waals surface area contributed by atoms with Gasteiger partial charge in [0, 0.05) is 44.7 Å². The molecule has 2 aromatic rings. The molecule has 3 rings (SSSR count). The summed E-state index contributed by atoms with van der Waals surface area (Å²) in [7, 11) is 0. The van der Waals surface area contributed by atoms with Crippen LogP contribution in [-0.4, -0.2) is 59.1 Å². The molecule has 1 fully saturated rings. The lowest BCUT2D eigenvalue weighted by atomic mass is 10.1. The first kappa shape index (κ1) is 25.5. The quantitative estimate of drug-likeness (QED) is 0.491. The van der Waals surface area contributed by atoms with Crippen LogP contribution in [0.15, 0.2) is 48.5 Å². The van der Waals surface area contributed by atoms with Crippen molar-refractivity contribution in [2.24, 2.45) is 0 Å². The van der Waals surface area contributed by atoms with Gasteiger partial charge in [-0.05, 0) is 17.7 Å². The van der Waals surface area contributed by atoms with Gasteiger partial charge < -0.3 is 4.90 Å². The van der Waals surface area contributed by atoms with E-state index in [1.54, 1.807) is 29.2 Å². The molecule has 2 aromatic carbocycles. The molecule has 1 saturated heterocycles. The number of nitro groups is 1. The van der Waals surface area contributed by atoms with Crippen LogP contribution in [0.1, 0.15) is 15.9 Å². The van der Waals surface area contributed by atoms with Crippen molar-refractivity contribution in [3.63, 3.8) is 0 Å². The number of nitro benzene ring substituents is 1. The largest absolute Gasteiger partial charge is 0.336 e. The summed E-state index contributed by atoms with van der Waals surface area (Å²) in [6.45, 7) is 2.17. The normalized spacial score (nSPS) is 13.7. The molecule has 0 saturated carbocycles. The van der Waals surface area contributed by atoms with Crippen LogP contribution in [0.2, 0.25) is 0 Å². The number of Topliss-reactive ketones (excluding diaryl/α,β-unsaturated/α-hetero) is 1. The second-order valence-electron chi connectivity index (χ2n) is 6.69. The number of halogens is 3. The number of benzene rings is 2. The van der Waals surface area contributed by atoms with Gasteiger partial charge in [-0.3, -0.25) is 24.6 Å². The van der Waals surface area contributed by atoms with E-state index >= 15 is 0 Å². The number of piperazine rings is 1. The fourth-order valence-electron chi connectivity index (χ4n) is 3.18. The van der Waals surface area contributed by atoms with E-state index in [2.05, 4.69) is 0 Å². The maximum absolute atomic E-state index is 13.8. The maximum atomic E-state index is 13.8. The molecule has 0 radical (unpaired) electrons. The van der Waals surface area contributed by atoms with Gasteiger partial charge in [-0.1, -0.05) is 24.3 Å². The summed E-state index contributed by atoms with van der Waals surface area (Å²) in [6.07, 6.45) is 0.201. The fourth-order valence-corrected chi connectivity index (χ4v) is 3.18. The van der Waals surface area contributed by atoms with E-state index in [0.29, 0.717) is 26.2 Å². The lowest BCUT2D eigenvalue weighted by molar-refractivity contribution is -0.384. The lowest BCUT2D eigenvalue weighted by Gasteiger charge is -2.34. The topological polar surface area (TPSA) is 83.8 Å². The second-order valence-corrected chi connectivity index (χ2v) is 6.69. The maximum Gasteiger partial charge on any atom is 0.269 e. The van der Waals surface area contributed by atoms with Crippen LogP contribution in [0.4, 0.5) is 10.1 Å². The van der Waals surface area contributed by atoms with Gasteiger partial charge in [0.05, 0.1) is 17.0 Å². The van der Waals surface area contributed by atoms with Crippen LogP contribution in [0.5, 0.6) is 0 Å². The third-order valence-corrected chi connectivity index (χ3v) is 4.71. The van der Waals surface area contributed by atoms with Gasteiger partial charge in [-0.15, -0.1) is 24.8 Å². The molecule has 0 spiro atoms. The molecule has 10 heteroatoms. The van der Waals surface area contributed by atoms with Crippen molar-refractivity contribution in [2.45, 2.75) is 6.42 Å². The molecule has 0 N–H and O–H groups in total. The Labute approximate surface area is 185 Å². The minimum Gasteiger partial charge on any atom is -0.336 e. The van der Waals surface area contributed by atoms with Gasteiger partial charge in [0.2, 0.25) is 0 Å². The van der Waals surface area contributed by atoms with E-state index in [1.165, 1.54) is 24.3 Å². The molecule has 1 aliphatic rings. The van der Waals surface area contributed by atoms with Crippen LogP contribution in [0.3, 0.4) is 0 Å². The van der Waals surface area contributed by atoms with E-state index in [9.17, 15) is 24.1 Å². The lowest BCUT2D eigenvalue weighted by Crippen LogP contribution is -2.50. The Bertz CT molecular complexity index is 888. The molecular formula is C20H22Cl2FN3O4. The van der Waals surface area contributed by atoms with E-state index in [0.717, 1.165) is 5.56 Å². The second kappa shape index (κ2) is 11.6. The van der Waals surface area contributed by atoms with Crippen LogP contribution < -0.4 is 0 Å². The highest BCUT2D eigenvalue weighted by Crippen LogP contribution is 2.14. The Morgan fingerprint density at radius 3 is 2.13 bits per heavy atom. The fraction of sp³-hybridized carbons (Fsp3) is 0.300. The molecule has 1 heterocycles. The van der Waals surface area contributed by atoms with Gasteiger partial charge in [0.1, 0.15) is 5.82 Å². The Hall–Kier alpha value is -2.55. The summed E-state index contributed by atoms with van der Waals surface area (Å²) in [5.74, 6) is -0.870. The van der Waals surface area contributed by atoms with Crippen molar-refractivity contribution in [1.29, 1.82) is 0 Å². The van der Waals surface area contributed by atoms with Crippen molar-refractivity contribution >= 4 is 42.2 Å². The summed E-state index contributed by atoms with van der Waals surface area (Å²) >= 11 is 0. The number of non-ortho nitro benzene ring substituents is 1. The number of hydrogen-bond donors (Lipinski definition) is 0. The van der Waals surface area contributed by atoms with Gasteiger partial charge in [-0.25, -0.2) is 4.39 Å². The Morgan fingerprint density at radius 1 is 0.967 bits per heavy atom. The van der Waals surface area contributed by atoms with Gasteiger partial charge in [-0.2, -0.15) is 0 Å². The molecule has 1 amide bonds. The molecular weight excluding hydrogens is 436 g/mol. The average Bonchev–Trinajstić information content (AvgIpc) is 2.69. The summed E-state index contributed by atoms with van der Waals surface area (Å²) in [6, 6.07) is 11.8. The number of carbonyl (C=O) groups is 2. The minimum atomic E-state index is -0.534. The van der Waals surface area contributed by atoms with Crippen molar-refractivity contribution in [3.8, 4) is 0 Å². The number of rotatable bonds is 6. The number of nitrogens with zero attached hydrogens (tertiary/aromatic N) is 3. The van der Waals surface area contributed by atoms with Gasteiger partial charge in [0.15, 0.2) is 5.78 Å². The van der Waals surface area contributed by atoms with Crippen LogP contribution in [0, 0.1) is 15.9 Å². The van der Waals surface area contributed by atoms with Crippen molar-refractivity contribution in [2.75, 3.05) is 32.7 Å². The van der Waals surface area contributed by atoms with E-state index < -0.39 is 10.7 Å². The first-order valence-electron chi connectivity index (χ1n) is 8.95. The molecule has 0 unspecified atom stereocenters. The first-order valence-corrected chi connectivity index (χ1v) is 8.95. The molecule has 1 aliphatic heterocycles. The van der Waals surface area contributed by atoms with Crippen LogP contribution in [-0.2, 0) is 11.2 Å². The van der Waals surface area contributed by atoms with Crippen molar-refractivity contribution < 1.29 is 18.9 Å². The van der Waals surface area contributed by atoms with Crippen molar-refractivity contribution in [3.05, 3.63) is 75.6 Å². The molecule has 0 bridgehead atoms. The van der Waals surface area contributed by atoms with E-state index in [1.807, 2.05) is 4.90 Å². The number of hydrogen-bond acceptors (Lipinski definition) is 5. The number of amides is 1. The van der Waals surface area contributed by atoms with Gasteiger partial charge >= 0.3 is 0 Å². The molecule has 0 aromatic heterocycles. The zero-order valence-corrected chi connectivity index (χ0v) is 17.7. The third kappa shape index (κ3) is 6.48.